The first-order valence-electron chi connectivity index (χ1n) is 5.69. The zero-order valence-corrected chi connectivity index (χ0v) is 11.2. The van der Waals surface area contributed by atoms with E-state index in [2.05, 4.69) is 0 Å². The number of carboxylic acids is 1. The predicted molar refractivity (Wildman–Crippen MR) is 73.4 cm³/mol. The van der Waals surface area contributed by atoms with Gasteiger partial charge >= 0.3 is 5.97 Å². The van der Waals surface area contributed by atoms with E-state index in [0.29, 0.717) is 0 Å². The van der Waals surface area contributed by atoms with Gasteiger partial charge in [-0.1, -0.05) is 17.7 Å². The number of benzene rings is 2. The zero-order valence-electron chi connectivity index (χ0n) is 10.5. The van der Waals surface area contributed by atoms with Crippen molar-refractivity contribution in [2.75, 3.05) is 0 Å². The maximum absolute atomic E-state index is 13.6. The van der Waals surface area contributed by atoms with E-state index in [9.17, 15) is 14.0 Å². The van der Waals surface area contributed by atoms with Gasteiger partial charge in [-0.25, -0.2) is 9.18 Å². The van der Waals surface area contributed by atoms with Gasteiger partial charge in [0, 0.05) is 5.02 Å². The number of primary amides is 1. The Labute approximate surface area is 123 Å². The monoisotopic (exact) mass is 309 g/mol. The lowest BCUT2D eigenvalue weighted by molar-refractivity contribution is 0.0694. The predicted octanol–water partition coefficient (Wildman–Crippen LogP) is 3.07. The molecule has 3 N–H and O–H groups in total. The first-order chi connectivity index (χ1) is 9.90. The molecule has 2 aromatic rings. The molecule has 0 atom stereocenters. The number of rotatable bonds is 4. The highest BCUT2D eigenvalue weighted by molar-refractivity contribution is 6.31. The molecule has 0 fully saturated rings. The number of hydrogen-bond donors (Lipinski definition) is 2. The van der Waals surface area contributed by atoms with E-state index in [-0.39, 0.29) is 22.1 Å². The summed E-state index contributed by atoms with van der Waals surface area (Å²) in [6.07, 6.45) is 0. The number of carboxylic acid groups (broad SMARTS) is 1. The fourth-order valence-corrected chi connectivity index (χ4v) is 1.88. The SMILES string of the molecule is NC(=O)c1c(F)cccc1Oc1ccc(Cl)cc1C(=O)O. The highest BCUT2D eigenvalue weighted by atomic mass is 35.5. The van der Waals surface area contributed by atoms with Gasteiger partial charge in [0.05, 0.1) is 0 Å². The van der Waals surface area contributed by atoms with Crippen LogP contribution < -0.4 is 10.5 Å². The number of ether oxygens (including phenoxy) is 1. The Morgan fingerprint density at radius 1 is 1.19 bits per heavy atom. The van der Waals surface area contributed by atoms with Crippen LogP contribution in [0.15, 0.2) is 36.4 Å². The minimum atomic E-state index is -1.27. The van der Waals surface area contributed by atoms with E-state index in [4.69, 9.17) is 27.2 Å². The van der Waals surface area contributed by atoms with Crippen molar-refractivity contribution in [1.82, 2.24) is 0 Å². The van der Waals surface area contributed by atoms with Crippen molar-refractivity contribution in [2.24, 2.45) is 5.73 Å². The Morgan fingerprint density at radius 2 is 1.90 bits per heavy atom. The molecule has 1 amide bonds. The van der Waals surface area contributed by atoms with Crippen molar-refractivity contribution < 1.29 is 23.8 Å². The van der Waals surface area contributed by atoms with Gasteiger partial charge in [0.25, 0.3) is 5.91 Å². The summed E-state index contributed by atoms with van der Waals surface area (Å²) in [5.74, 6) is -3.41. The first kappa shape index (κ1) is 14.8. The summed E-state index contributed by atoms with van der Waals surface area (Å²) in [6.45, 7) is 0. The molecule has 0 spiro atoms. The van der Waals surface area contributed by atoms with Crippen LogP contribution in [0.5, 0.6) is 11.5 Å². The average molecular weight is 310 g/mol. The Bertz CT molecular complexity index is 733. The van der Waals surface area contributed by atoms with Gasteiger partial charge in [0.2, 0.25) is 0 Å². The zero-order chi connectivity index (χ0) is 15.6. The smallest absolute Gasteiger partial charge is 0.339 e. The van der Waals surface area contributed by atoms with Gasteiger partial charge < -0.3 is 15.6 Å². The highest BCUT2D eigenvalue weighted by Crippen LogP contribution is 2.31. The molecule has 108 valence electrons. The van der Waals surface area contributed by atoms with Crippen LogP contribution in [0.2, 0.25) is 5.02 Å². The van der Waals surface area contributed by atoms with Crippen molar-refractivity contribution in [3.05, 3.63) is 58.4 Å². The van der Waals surface area contributed by atoms with Crippen molar-refractivity contribution in [3.63, 3.8) is 0 Å². The van der Waals surface area contributed by atoms with E-state index in [0.717, 1.165) is 6.07 Å². The summed E-state index contributed by atoms with van der Waals surface area (Å²) in [6, 6.07) is 7.57. The standard InChI is InChI=1S/C14H9ClFNO4/c15-7-4-5-10(8(6-7)14(19)20)21-11-3-1-2-9(16)12(11)13(17)18/h1-6H,(H2,17,18)(H,19,20). The Morgan fingerprint density at radius 3 is 2.52 bits per heavy atom. The first-order valence-corrected chi connectivity index (χ1v) is 6.07. The largest absolute Gasteiger partial charge is 0.478 e. The van der Waals surface area contributed by atoms with Crippen LogP contribution in [0.3, 0.4) is 0 Å². The van der Waals surface area contributed by atoms with Crippen LogP contribution in [0.1, 0.15) is 20.7 Å². The molecule has 5 nitrogen and oxygen atoms in total. The molecule has 0 aliphatic heterocycles. The highest BCUT2D eigenvalue weighted by Gasteiger charge is 2.18. The molecule has 2 rings (SSSR count). The minimum Gasteiger partial charge on any atom is -0.478 e. The van der Waals surface area contributed by atoms with Crippen LogP contribution in [0.25, 0.3) is 0 Å². The summed E-state index contributed by atoms with van der Waals surface area (Å²) in [7, 11) is 0. The average Bonchev–Trinajstić information content (AvgIpc) is 2.40. The van der Waals surface area contributed by atoms with E-state index >= 15 is 0 Å². The maximum Gasteiger partial charge on any atom is 0.339 e. The van der Waals surface area contributed by atoms with Crippen LogP contribution in [0, 0.1) is 5.82 Å². The minimum absolute atomic E-state index is 0.0833. The van der Waals surface area contributed by atoms with Gasteiger partial charge in [-0.3, -0.25) is 4.79 Å². The van der Waals surface area contributed by atoms with E-state index in [1.54, 1.807) is 0 Å². The van der Waals surface area contributed by atoms with Gasteiger partial charge in [-0.2, -0.15) is 0 Å². The second kappa shape index (κ2) is 5.80. The normalized spacial score (nSPS) is 10.2. The van der Waals surface area contributed by atoms with Crippen LogP contribution in [0.4, 0.5) is 4.39 Å². The summed E-state index contributed by atoms with van der Waals surface area (Å²) >= 11 is 5.72. The lowest BCUT2D eigenvalue weighted by atomic mass is 10.1. The molecule has 0 saturated carbocycles. The Kier molecular flexibility index (Phi) is 4.09. The quantitative estimate of drug-likeness (QED) is 0.908. The number of nitrogens with two attached hydrogens (primary N) is 1. The molecular formula is C14H9ClFNO4. The summed E-state index contributed by atoms with van der Waals surface area (Å²) < 4.78 is 18.9. The topological polar surface area (TPSA) is 89.6 Å². The van der Waals surface area contributed by atoms with Gasteiger partial charge in [0.1, 0.15) is 28.4 Å². The van der Waals surface area contributed by atoms with Crippen LogP contribution >= 0.6 is 11.6 Å². The van der Waals surface area contributed by atoms with Crippen LogP contribution in [-0.4, -0.2) is 17.0 Å². The molecule has 0 aliphatic rings. The lowest BCUT2D eigenvalue weighted by Crippen LogP contribution is -2.14. The summed E-state index contributed by atoms with van der Waals surface area (Å²) in [5, 5.41) is 9.30. The lowest BCUT2D eigenvalue weighted by Gasteiger charge is -2.12. The fourth-order valence-electron chi connectivity index (χ4n) is 1.71. The number of halogens is 2. The molecule has 7 heteroatoms. The third-order valence-electron chi connectivity index (χ3n) is 2.61. The van der Waals surface area contributed by atoms with E-state index < -0.39 is 23.3 Å². The Balaban J connectivity index is 2.51. The number of amides is 1. The third-order valence-corrected chi connectivity index (χ3v) is 2.85. The second-order valence-corrected chi connectivity index (χ2v) is 4.46. The molecule has 2 aromatic carbocycles. The molecule has 21 heavy (non-hydrogen) atoms. The molecule has 0 aromatic heterocycles. The molecule has 0 aliphatic carbocycles. The number of aromatic carboxylic acids is 1. The summed E-state index contributed by atoms with van der Waals surface area (Å²) in [5.41, 5.74) is 4.42. The van der Waals surface area contributed by atoms with E-state index in [1.807, 2.05) is 0 Å². The molecule has 0 unspecified atom stereocenters. The molecule has 0 saturated heterocycles. The number of hydrogen-bond acceptors (Lipinski definition) is 3. The number of carbonyl (C=O) groups is 2. The van der Waals surface area contributed by atoms with Gasteiger partial charge in [0.15, 0.2) is 0 Å². The fraction of sp³-hybridized carbons (Fsp3) is 0. The summed E-state index contributed by atoms with van der Waals surface area (Å²) in [4.78, 5) is 22.4. The van der Waals surface area contributed by atoms with Gasteiger partial charge in [-0.05, 0) is 30.3 Å². The molecular weight excluding hydrogens is 301 g/mol. The van der Waals surface area contributed by atoms with Crippen LogP contribution in [-0.2, 0) is 0 Å². The molecule has 0 heterocycles. The van der Waals surface area contributed by atoms with E-state index in [1.165, 1.54) is 30.3 Å². The second-order valence-electron chi connectivity index (χ2n) is 4.02. The molecule has 0 bridgehead atoms. The third kappa shape index (κ3) is 3.11. The molecule has 0 radical (unpaired) electrons. The van der Waals surface area contributed by atoms with Crippen molar-refractivity contribution in [3.8, 4) is 11.5 Å². The Hall–Kier alpha value is -2.60. The van der Waals surface area contributed by atoms with Crippen molar-refractivity contribution in [2.45, 2.75) is 0 Å². The van der Waals surface area contributed by atoms with Crippen molar-refractivity contribution >= 4 is 23.5 Å². The van der Waals surface area contributed by atoms with Gasteiger partial charge in [-0.15, -0.1) is 0 Å². The van der Waals surface area contributed by atoms with Crippen molar-refractivity contribution in [1.29, 1.82) is 0 Å². The maximum atomic E-state index is 13.6. The number of carbonyl (C=O) groups excluding carboxylic acids is 1.